The van der Waals surface area contributed by atoms with Gasteiger partial charge in [0.15, 0.2) is 0 Å². The monoisotopic (exact) mass is 315 g/mol. The zero-order valence-electron chi connectivity index (χ0n) is 14.4. The van der Waals surface area contributed by atoms with E-state index in [2.05, 4.69) is 36.1 Å². The second-order valence-electron chi connectivity index (χ2n) is 6.95. The molecule has 6 nitrogen and oxygen atoms in total. The molecule has 124 valence electrons. The summed E-state index contributed by atoms with van der Waals surface area (Å²) < 4.78 is 1.98. The SMILES string of the molecule is CN(C)c1ccc(C(=O)N[C@H](Cn2ccnc2)C(C)(C)C)cn1. The van der Waals surface area contributed by atoms with Crippen LogP contribution in [0.5, 0.6) is 0 Å². The molecule has 0 spiro atoms. The second kappa shape index (κ2) is 6.81. The van der Waals surface area contributed by atoms with Crippen LogP contribution in [-0.2, 0) is 6.54 Å². The van der Waals surface area contributed by atoms with Crippen LogP contribution in [0.4, 0.5) is 5.82 Å². The first kappa shape index (κ1) is 17.0. The van der Waals surface area contributed by atoms with Gasteiger partial charge in [0.05, 0.1) is 17.9 Å². The number of anilines is 1. The third kappa shape index (κ3) is 4.55. The highest BCUT2D eigenvalue weighted by Gasteiger charge is 2.27. The van der Waals surface area contributed by atoms with E-state index in [-0.39, 0.29) is 17.4 Å². The molecule has 6 heteroatoms. The number of nitrogens with zero attached hydrogens (tertiary/aromatic N) is 4. The minimum absolute atomic E-state index is 0.0160. The van der Waals surface area contributed by atoms with E-state index < -0.39 is 0 Å². The lowest BCUT2D eigenvalue weighted by Gasteiger charge is -2.31. The van der Waals surface area contributed by atoms with Crippen LogP contribution in [0.15, 0.2) is 37.1 Å². The van der Waals surface area contributed by atoms with E-state index in [1.807, 2.05) is 35.8 Å². The van der Waals surface area contributed by atoms with E-state index in [9.17, 15) is 4.79 Å². The van der Waals surface area contributed by atoms with Crippen molar-refractivity contribution < 1.29 is 4.79 Å². The van der Waals surface area contributed by atoms with Crippen LogP contribution in [0, 0.1) is 5.41 Å². The van der Waals surface area contributed by atoms with Crippen LogP contribution in [0.1, 0.15) is 31.1 Å². The summed E-state index contributed by atoms with van der Waals surface area (Å²) in [7, 11) is 3.84. The Morgan fingerprint density at radius 1 is 1.35 bits per heavy atom. The minimum Gasteiger partial charge on any atom is -0.363 e. The number of rotatable bonds is 5. The fourth-order valence-electron chi connectivity index (χ4n) is 2.17. The molecular weight excluding hydrogens is 290 g/mol. The van der Waals surface area contributed by atoms with E-state index in [1.165, 1.54) is 0 Å². The van der Waals surface area contributed by atoms with Gasteiger partial charge in [0.1, 0.15) is 5.82 Å². The van der Waals surface area contributed by atoms with Crippen LogP contribution in [0.3, 0.4) is 0 Å². The summed E-state index contributed by atoms with van der Waals surface area (Å²) >= 11 is 0. The molecule has 23 heavy (non-hydrogen) atoms. The van der Waals surface area contributed by atoms with Crippen molar-refractivity contribution in [2.24, 2.45) is 5.41 Å². The molecule has 0 bridgehead atoms. The summed E-state index contributed by atoms with van der Waals surface area (Å²) in [5.74, 6) is 0.718. The minimum atomic E-state index is -0.108. The van der Waals surface area contributed by atoms with Gasteiger partial charge in [-0.15, -0.1) is 0 Å². The summed E-state index contributed by atoms with van der Waals surface area (Å²) in [6.45, 7) is 7.02. The zero-order valence-corrected chi connectivity index (χ0v) is 14.4. The van der Waals surface area contributed by atoms with Crippen LogP contribution >= 0.6 is 0 Å². The lowest BCUT2D eigenvalue weighted by atomic mass is 9.86. The van der Waals surface area contributed by atoms with Gasteiger partial charge in [-0.1, -0.05) is 20.8 Å². The Kier molecular flexibility index (Phi) is 5.03. The predicted molar refractivity (Wildman–Crippen MR) is 91.5 cm³/mol. The lowest BCUT2D eigenvalue weighted by Crippen LogP contribution is -2.46. The normalized spacial score (nSPS) is 12.7. The highest BCUT2D eigenvalue weighted by molar-refractivity contribution is 5.94. The number of amides is 1. The smallest absolute Gasteiger partial charge is 0.253 e. The average molecular weight is 315 g/mol. The van der Waals surface area contributed by atoms with Crippen molar-refractivity contribution in [1.82, 2.24) is 19.9 Å². The highest BCUT2D eigenvalue weighted by Crippen LogP contribution is 2.21. The number of hydrogen-bond acceptors (Lipinski definition) is 4. The van der Waals surface area contributed by atoms with Crippen molar-refractivity contribution in [3.05, 3.63) is 42.6 Å². The number of hydrogen-bond donors (Lipinski definition) is 1. The van der Waals surface area contributed by atoms with E-state index in [0.29, 0.717) is 12.1 Å². The first-order chi connectivity index (χ1) is 10.8. The van der Waals surface area contributed by atoms with Crippen molar-refractivity contribution in [1.29, 1.82) is 0 Å². The molecule has 2 rings (SSSR count). The van der Waals surface area contributed by atoms with Gasteiger partial charge < -0.3 is 14.8 Å². The molecular formula is C17H25N5O. The Labute approximate surface area is 137 Å². The molecule has 0 aliphatic rings. The Morgan fingerprint density at radius 3 is 2.57 bits per heavy atom. The first-order valence-electron chi connectivity index (χ1n) is 7.67. The van der Waals surface area contributed by atoms with Crippen LogP contribution < -0.4 is 10.2 Å². The summed E-state index contributed by atoms with van der Waals surface area (Å²) in [4.78, 5) is 22.8. The fourth-order valence-corrected chi connectivity index (χ4v) is 2.17. The van der Waals surface area contributed by atoms with Gasteiger partial charge in [-0.2, -0.15) is 0 Å². The van der Waals surface area contributed by atoms with Crippen molar-refractivity contribution in [3.8, 4) is 0 Å². The number of carbonyl (C=O) groups excluding carboxylic acids is 1. The molecule has 0 unspecified atom stereocenters. The van der Waals surface area contributed by atoms with E-state index >= 15 is 0 Å². The second-order valence-corrected chi connectivity index (χ2v) is 6.95. The molecule has 0 fully saturated rings. The quantitative estimate of drug-likeness (QED) is 0.918. The van der Waals surface area contributed by atoms with Crippen LogP contribution in [0.2, 0.25) is 0 Å². The topological polar surface area (TPSA) is 63.1 Å². The Balaban J connectivity index is 2.10. The van der Waals surface area contributed by atoms with Gasteiger partial charge in [-0.05, 0) is 17.5 Å². The van der Waals surface area contributed by atoms with Gasteiger partial charge in [-0.25, -0.2) is 9.97 Å². The molecule has 1 amide bonds. The standard InChI is InChI=1S/C17H25N5O/c1-17(2,3)14(11-22-9-8-18-12-22)20-16(23)13-6-7-15(19-10-13)21(4)5/h6-10,12,14H,11H2,1-5H3,(H,20,23)/t14-/m1/s1. The molecule has 1 atom stereocenters. The van der Waals surface area contributed by atoms with Crippen molar-refractivity contribution in [2.45, 2.75) is 33.4 Å². The largest absolute Gasteiger partial charge is 0.363 e. The summed E-state index contributed by atoms with van der Waals surface area (Å²) in [6, 6.07) is 3.63. The number of nitrogens with one attached hydrogen (secondary N) is 1. The maximum absolute atomic E-state index is 12.5. The van der Waals surface area contributed by atoms with Gasteiger partial charge in [-0.3, -0.25) is 4.79 Å². The summed E-state index contributed by atoms with van der Waals surface area (Å²) in [6.07, 6.45) is 7.02. The first-order valence-corrected chi connectivity index (χ1v) is 7.67. The lowest BCUT2D eigenvalue weighted by molar-refractivity contribution is 0.0892. The third-order valence-electron chi connectivity index (χ3n) is 3.77. The number of aromatic nitrogens is 3. The molecule has 2 heterocycles. The molecule has 0 saturated heterocycles. The number of carbonyl (C=O) groups is 1. The molecule has 1 N–H and O–H groups in total. The highest BCUT2D eigenvalue weighted by atomic mass is 16.1. The van der Waals surface area contributed by atoms with Crippen molar-refractivity contribution >= 4 is 11.7 Å². The molecule has 0 aromatic carbocycles. The van der Waals surface area contributed by atoms with Crippen LogP contribution in [-0.4, -0.2) is 40.6 Å². The Morgan fingerprint density at radius 2 is 2.09 bits per heavy atom. The van der Waals surface area contributed by atoms with E-state index in [0.717, 1.165) is 5.82 Å². The van der Waals surface area contributed by atoms with E-state index in [1.54, 1.807) is 24.8 Å². The molecule has 0 saturated carbocycles. The van der Waals surface area contributed by atoms with E-state index in [4.69, 9.17) is 0 Å². The fraction of sp³-hybridized carbons (Fsp3) is 0.471. The summed E-state index contributed by atoms with van der Waals surface area (Å²) in [5, 5.41) is 3.12. The molecule has 0 aliphatic heterocycles. The molecule has 0 radical (unpaired) electrons. The van der Waals surface area contributed by atoms with Gasteiger partial charge >= 0.3 is 0 Å². The van der Waals surface area contributed by atoms with Gasteiger partial charge in [0, 0.05) is 39.2 Å². The molecule has 2 aromatic rings. The number of imidazole rings is 1. The van der Waals surface area contributed by atoms with Crippen molar-refractivity contribution in [3.63, 3.8) is 0 Å². The predicted octanol–water partition coefficient (Wildman–Crippen LogP) is 2.19. The Hall–Kier alpha value is -2.37. The molecule has 2 aromatic heterocycles. The molecule has 0 aliphatic carbocycles. The van der Waals surface area contributed by atoms with Crippen molar-refractivity contribution in [2.75, 3.05) is 19.0 Å². The Bertz CT molecular complexity index is 626. The number of pyridine rings is 1. The van der Waals surface area contributed by atoms with Crippen LogP contribution in [0.25, 0.3) is 0 Å². The summed E-state index contributed by atoms with van der Waals surface area (Å²) in [5.41, 5.74) is 0.493. The van der Waals surface area contributed by atoms with Gasteiger partial charge in [0.25, 0.3) is 5.91 Å². The zero-order chi connectivity index (χ0) is 17.0. The maximum Gasteiger partial charge on any atom is 0.253 e. The maximum atomic E-state index is 12.5. The third-order valence-corrected chi connectivity index (χ3v) is 3.77. The average Bonchev–Trinajstić information content (AvgIpc) is 2.98. The van der Waals surface area contributed by atoms with Gasteiger partial charge in [0.2, 0.25) is 0 Å².